The molecule has 3 unspecified atom stereocenters. The molecule has 3 aliphatic rings. The number of fused-ring (bicyclic) bond motifs is 5. The molecule has 3 aliphatic carbocycles. The number of aryl methyl sites for hydroxylation is 1. The van der Waals surface area contributed by atoms with E-state index >= 15 is 0 Å². The average molecular weight is 309 g/mol. The molecule has 0 saturated heterocycles. The van der Waals surface area contributed by atoms with Crippen LogP contribution in [0.4, 0.5) is 0 Å². The Labute approximate surface area is 135 Å². The van der Waals surface area contributed by atoms with Crippen LogP contribution in [0, 0.1) is 17.3 Å². The Hall–Kier alpha value is -1.60. The van der Waals surface area contributed by atoms with Gasteiger partial charge >= 0.3 is 0 Å². The zero-order chi connectivity index (χ0) is 14.9. The molecule has 22 heavy (non-hydrogen) atoms. The number of halogens is 1. The first-order valence-electron chi connectivity index (χ1n) is 8.11. The number of Topliss-reactive ketones (excluding diaryl/α,β-unsaturated/α-hetero) is 1. The van der Waals surface area contributed by atoms with Crippen LogP contribution in [0.25, 0.3) is 10.8 Å². The van der Waals surface area contributed by atoms with Crippen molar-refractivity contribution in [2.24, 2.45) is 17.3 Å². The third-order valence-electron chi connectivity index (χ3n) is 6.07. The Kier molecular flexibility index (Phi) is 2.48. The van der Waals surface area contributed by atoms with Crippen LogP contribution in [0.5, 0.6) is 0 Å². The zero-order valence-corrected chi connectivity index (χ0v) is 13.1. The van der Waals surface area contributed by atoms with E-state index in [4.69, 9.17) is 11.6 Å². The van der Waals surface area contributed by atoms with Gasteiger partial charge in [0.05, 0.1) is 0 Å². The molecule has 5 rings (SSSR count). The first kappa shape index (κ1) is 12.9. The van der Waals surface area contributed by atoms with Crippen molar-refractivity contribution in [1.82, 2.24) is 0 Å². The van der Waals surface area contributed by atoms with Crippen LogP contribution in [0.1, 0.15) is 35.2 Å². The van der Waals surface area contributed by atoms with Crippen molar-refractivity contribution in [1.29, 1.82) is 0 Å². The normalized spacial score (nSPS) is 32.1. The summed E-state index contributed by atoms with van der Waals surface area (Å²) < 4.78 is 0. The van der Waals surface area contributed by atoms with E-state index < -0.39 is 0 Å². The molecule has 0 radical (unpaired) electrons. The van der Waals surface area contributed by atoms with Gasteiger partial charge in [-0.2, -0.15) is 0 Å². The summed E-state index contributed by atoms with van der Waals surface area (Å²) in [5, 5.41) is 2.99. The van der Waals surface area contributed by atoms with E-state index in [0.717, 1.165) is 35.2 Å². The highest BCUT2D eigenvalue weighted by atomic mass is 35.5. The Bertz CT molecular complexity index is 850. The number of hydrogen-bond donors (Lipinski definition) is 0. The quantitative estimate of drug-likeness (QED) is 0.611. The summed E-state index contributed by atoms with van der Waals surface area (Å²) in [7, 11) is 0. The summed E-state index contributed by atoms with van der Waals surface area (Å²) >= 11 is 6.12. The smallest absolute Gasteiger partial charge is 0.169 e. The molecule has 0 aromatic heterocycles. The van der Waals surface area contributed by atoms with Gasteiger partial charge in [0, 0.05) is 16.0 Å². The fourth-order valence-corrected chi connectivity index (χ4v) is 5.16. The summed E-state index contributed by atoms with van der Waals surface area (Å²) in [4.78, 5) is 13.3. The van der Waals surface area contributed by atoms with Crippen LogP contribution in [-0.2, 0) is 6.42 Å². The molecule has 3 atom stereocenters. The maximum atomic E-state index is 13.3. The predicted molar refractivity (Wildman–Crippen MR) is 89.4 cm³/mol. The SMILES string of the molecule is O=C1c2cc3cc(Cl)ccc3cc2CCC12CC1C=CC2C1. The van der Waals surface area contributed by atoms with Gasteiger partial charge in [-0.1, -0.05) is 35.9 Å². The molecule has 2 aromatic rings. The van der Waals surface area contributed by atoms with E-state index in [1.165, 1.54) is 17.4 Å². The van der Waals surface area contributed by atoms with Gasteiger partial charge in [0.1, 0.15) is 0 Å². The second-order valence-corrected chi connectivity index (χ2v) is 7.61. The molecule has 2 aromatic carbocycles. The number of carbonyl (C=O) groups is 1. The highest BCUT2D eigenvalue weighted by Gasteiger charge is 2.54. The third kappa shape index (κ3) is 1.58. The van der Waals surface area contributed by atoms with E-state index in [-0.39, 0.29) is 5.41 Å². The van der Waals surface area contributed by atoms with Crippen LogP contribution in [0.2, 0.25) is 5.02 Å². The first-order valence-corrected chi connectivity index (χ1v) is 8.49. The van der Waals surface area contributed by atoms with Crippen molar-refractivity contribution in [3.8, 4) is 0 Å². The Morgan fingerprint density at radius 2 is 2.00 bits per heavy atom. The van der Waals surface area contributed by atoms with Gasteiger partial charge in [0.2, 0.25) is 0 Å². The molecular weight excluding hydrogens is 292 g/mol. The minimum absolute atomic E-state index is 0.112. The minimum Gasteiger partial charge on any atom is -0.294 e. The maximum Gasteiger partial charge on any atom is 0.169 e. The largest absolute Gasteiger partial charge is 0.294 e. The number of benzene rings is 2. The monoisotopic (exact) mass is 308 g/mol. The predicted octanol–water partition coefficient (Wildman–Crippen LogP) is 5.20. The van der Waals surface area contributed by atoms with Crippen molar-refractivity contribution in [2.75, 3.05) is 0 Å². The second-order valence-electron chi connectivity index (χ2n) is 7.18. The molecular formula is C20H17ClO. The van der Waals surface area contributed by atoms with E-state index in [2.05, 4.69) is 24.3 Å². The first-order chi connectivity index (χ1) is 10.7. The van der Waals surface area contributed by atoms with Crippen LogP contribution >= 0.6 is 11.6 Å². The van der Waals surface area contributed by atoms with Gasteiger partial charge < -0.3 is 0 Å². The zero-order valence-electron chi connectivity index (χ0n) is 12.3. The molecule has 2 bridgehead atoms. The van der Waals surface area contributed by atoms with Crippen molar-refractivity contribution in [2.45, 2.75) is 25.7 Å². The van der Waals surface area contributed by atoms with Gasteiger partial charge in [0.15, 0.2) is 5.78 Å². The summed E-state index contributed by atoms with van der Waals surface area (Å²) in [5.41, 5.74) is 2.05. The molecule has 0 amide bonds. The molecule has 2 heteroatoms. The van der Waals surface area contributed by atoms with Gasteiger partial charge in [-0.05, 0) is 72.1 Å². The number of rotatable bonds is 0. The Balaban J connectivity index is 1.68. The lowest BCUT2D eigenvalue weighted by molar-refractivity contribution is 0.0703. The van der Waals surface area contributed by atoms with Crippen LogP contribution in [-0.4, -0.2) is 5.78 Å². The van der Waals surface area contributed by atoms with Gasteiger partial charge in [0.25, 0.3) is 0 Å². The van der Waals surface area contributed by atoms with E-state index in [9.17, 15) is 4.79 Å². The van der Waals surface area contributed by atoms with Gasteiger partial charge in [-0.25, -0.2) is 0 Å². The fraction of sp³-hybridized carbons (Fsp3) is 0.350. The lowest BCUT2D eigenvalue weighted by Crippen LogP contribution is -2.39. The summed E-state index contributed by atoms with van der Waals surface area (Å²) in [6, 6.07) is 10.2. The van der Waals surface area contributed by atoms with Crippen molar-refractivity contribution < 1.29 is 4.79 Å². The Morgan fingerprint density at radius 1 is 1.09 bits per heavy atom. The van der Waals surface area contributed by atoms with Crippen molar-refractivity contribution in [3.63, 3.8) is 0 Å². The van der Waals surface area contributed by atoms with Crippen LogP contribution in [0.15, 0.2) is 42.5 Å². The highest BCUT2D eigenvalue weighted by molar-refractivity contribution is 6.31. The summed E-state index contributed by atoms with van der Waals surface area (Å²) in [6.45, 7) is 0. The number of carbonyl (C=O) groups excluding carboxylic acids is 1. The highest BCUT2D eigenvalue weighted by Crippen LogP contribution is 2.57. The van der Waals surface area contributed by atoms with E-state index in [1.807, 2.05) is 18.2 Å². The maximum absolute atomic E-state index is 13.3. The van der Waals surface area contributed by atoms with Crippen LogP contribution < -0.4 is 0 Å². The molecule has 0 aliphatic heterocycles. The number of ketones is 1. The summed E-state index contributed by atoms with van der Waals surface area (Å²) in [5.74, 6) is 1.48. The topological polar surface area (TPSA) is 17.1 Å². The standard InChI is InChI=1S/C20H17ClO/c21-17-4-2-13-8-14-5-6-20(11-12-1-3-16(20)7-12)19(22)18(14)10-15(13)9-17/h1-4,8-10,12,16H,5-7,11H2. The van der Waals surface area contributed by atoms with E-state index in [0.29, 0.717) is 17.6 Å². The fourth-order valence-electron chi connectivity index (χ4n) is 4.98. The number of hydrogen-bond acceptors (Lipinski definition) is 1. The van der Waals surface area contributed by atoms with Crippen LogP contribution in [0.3, 0.4) is 0 Å². The molecule has 0 heterocycles. The van der Waals surface area contributed by atoms with E-state index in [1.54, 1.807) is 0 Å². The second kappa shape index (κ2) is 4.23. The summed E-state index contributed by atoms with van der Waals surface area (Å²) in [6.07, 6.45) is 8.90. The van der Waals surface area contributed by atoms with Crippen molar-refractivity contribution >= 4 is 28.2 Å². The molecule has 1 fully saturated rings. The number of allylic oxidation sites excluding steroid dienone is 2. The third-order valence-corrected chi connectivity index (χ3v) is 6.31. The van der Waals surface area contributed by atoms with Gasteiger partial charge in [-0.3, -0.25) is 4.79 Å². The molecule has 0 N–H and O–H groups in total. The molecule has 1 spiro atoms. The van der Waals surface area contributed by atoms with Crippen molar-refractivity contribution in [3.05, 3.63) is 58.6 Å². The average Bonchev–Trinajstić information content (AvgIpc) is 3.11. The lowest BCUT2D eigenvalue weighted by Gasteiger charge is -2.38. The Morgan fingerprint density at radius 3 is 2.77 bits per heavy atom. The van der Waals surface area contributed by atoms with Gasteiger partial charge in [-0.15, -0.1) is 0 Å². The molecule has 1 nitrogen and oxygen atoms in total. The minimum atomic E-state index is -0.112. The lowest BCUT2D eigenvalue weighted by atomic mass is 9.63. The molecule has 1 saturated carbocycles. The molecule has 110 valence electrons.